The molecule has 3 heterocycles. The van der Waals surface area contributed by atoms with Crippen LogP contribution in [0.4, 0.5) is 5.69 Å². The summed E-state index contributed by atoms with van der Waals surface area (Å²) in [5.41, 5.74) is 3.66. The van der Waals surface area contributed by atoms with Crippen LogP contribution in [0.1, 0.15) is 44.2 Å². The van der Waals surface area contributed by atoms with Gasteiger partial charge < -0.3 is 24.0 Å². The van der Waals surface area contributed by atoms with E-state index in [2.05, 4.69) is 18.0 Å². The maximum absolute atomic E-state index is 13.2. The Morgan fingerprint density at radius 3 is 2.51 bits per heavy atom. The van der Waals surface area contributed by atoms with Crippen LogP contribution >= 0.6 is 11.8 Å². The number of aryl methyl sites for hydroxylation is 1. The van der Waals surface area contributed by atoms with Gasteiger partial charge in [0.2, 0.25) is 5.91 Å². The highest BCUT2D eigenvalue weighted by molar-refractivity contribution is 8.18. The molecule has 1 N–H and O–H groups in total. The van der Waals surface area contributed by atoms with Crippen molar-refractivity contribution in [2.45, 2.75) is 46.1 Å². The maximum atomic E-state index is 13.2. The van der Waals surface area contributed by atoms with Crippen LogP contribution in [-0.4, -0.2) is 58.3 Å². The molecular formula is C32H35N3O5S. The third-order valence-corrected chi connectivity index (χ3v) is 8.39. The summed E-state index contributed by atoms with van der Waals surface area (Å²) in [6, 6.07) is 13.3. The molecule has 1 aromatic heterocycles. The van der Waals surface area contributed by atoms with Gasteiger partial charge in [-0.3, -0.25) is 4.79 Å². The first-order valence-electron chi connectivity index (χ1n) is 14.0. The largest absolute Gasteiger partial charge is 0.506 e. The van der Waals surface area contributed by atoms with Gasteiger partial charge in [0, 0.05) is 30.2 Å². The molecule has 0 bridgehead atoms. The van der Waals surface area contributed by atoms with E-state index in [4.69, 9.17) is 9.47 Å². The van der Waals surface area contributed by atoms with Crippen LogP contribution in [0.2, 0.25) is 0 Å². The molecule has 8 nitrogen and oxygen atoms in total. The average Bonchev–Trinajstić information content (AvgIpc) is 3.50. The fourth-order valence-electron chi connectivity index (χ4n) is 5.29. The van der Waals surface area contributed by atoms with Crippen molar-refractivity contribution >= 4 is 51.3 Å². The van der Waals surface area contributed by atoms with Crippen molar-refractivity contribution in [1.82, 2.24) is 9.47 Å². The van der Waals surface area contributed by atoms with E-state index in [0.717, 1.165) is 54.4 Å². The van der Waals surface area contributed by atoms with Gasteiger partial charge >= 0.3 is 5.97 Å². The molecule has 0 radical (unpaired) electrons. The molecule has 2 aliphatic heterocycles. The molecule has 1 fully saturated rings. The minimum atomic E-state index is -0.629. The molecule has 0 unspecified atom stereocenters. The molecule has 0 saturated carbocycles. The Kier molecular flexibility index (Phi) is 8.83. The SMILES string of the molecule is CCOC(=O)C1=C(O)/C(=C/c2cn(CC(=O)N3CCCCC3)c3c(CC)cccc23)SC1=Nc1ccc(OC)cc1. The third-order valence-electron chi connectivity index (χ3n) is 7.37. The lowest BCUT2D eigenvalue weighted by atomic mass is 10.1. The molecule has 3 aromatic rings. The second-order valence-corrected chi connectivity index (χ2v) is 11.0. The molecule has 2 aromatic carbocycles. The molecule has 1 saturated heterocycles. The Morgan fingerprint density at radius 1 is 1.07 bits per heavy atom. The van der Waals surface area contributed by atoms with Gasteiger partial charge in [-0.1, -0.05) is 36.9 Å². The van der Waals surface area contributed by atoms with Crippen molar-refractivity contribution in [2.24, 2.45) is 4.99 Å². The number of carbonyl (C=O) groups is 2. The van der Waals surface area contributed by atoms with Crippen LogP contribution in [0.3, 0.4) is 0 Å². The van der Waals surface area contributed by atoms with E-state index in [1.165, 1.54) is 18.2 Å². The van der Waals surface area contributed by atoms with Crippen molar-refractivity contribution in [3.8, 4) is 5.75 Å². The highest BCUT2D eigenvalue weighted by atomic mass is 32.2. The number of piperidine rings is 1. The maximum Gasteiger partial charge on any atom is 0.344 e. The average molecular weight is 574 g/mol. The Hall–Kier alpha value is -3.98. The van der Waals surface area contributed by atoms with Gasteiger partial charge in [0.25, 0.3) is 0 Å². The molecule has 9 heteroatoms. The molecular weight excluding hydrogens is 538 g/mol. The second-order valence-electron chi connectivity index (χ2n) is 9.99. The number of esters is 1. The van der Waals surface area contributed by atoms with Crippen LogP contribution in [0.15, 0.2) is 69.9 Å². The number of carbonyl (C=O) groups excluding carboxylic acids is 2. The summed E-state index contributed by atoms with van der Waals surface area (Å²) in [4.78, 5) is 33.2. The van der Waals surface area contributed by atoms with Crippen LogP contribution in [0.5, 0.6) is 5.75 Å². The van der Waals surface area contributed by atoms with Crippen LogP contribution < -0.4 is 4.74 Å². The minimum Gasteiger partial charge on any atom is -0.506 e. The Balaban J connectivity index is 1.55. The van der Waals surface area contributed by atoms with Gasteiger partial charge in [0.05, 0.1) is 29.8 Å². The van der Waals surface area contributed by atoms with Crippen molar-refractivity contribution in [3.05, 3.63) is 76.0 Å². The smallest absolute Gasteiger partial charge is 0.344 e. The summed E-state index contributed by atoms with van der Waals surface area (Å²) in [5, 5.41) is 12.6. The third kappa shape index (κ3) is 6.05. The predicted octanol–water partition coefficient (Wildman–Crippen LogP) is 6.42. The summed E-state index contributed by atoms with van der Waals surface area (Å²) in [7, 11) is 1.59. The van der Waals surface area contributed by atoms with Crippen molar-refractivity contribution < 1.29 is 24.2 Å². The quantitative estimate of drug-likeness (QED) is 0.313. The number of amides is 1. The number of fused-ring (bicyclic) bond motifs is 1. The number of ether oxygens (including phenoxy) is 2. The zero-order valence-corrected chi connectivity index (χ0v) is 24.5. The number of aliphatic imine (C=N–C) groups is 1. The number of rotatable bonds is 8. The number of aliphatic hydroxyl groups excluding tert-OH is 1. The first-order valence-corrected chi connectivity index (χ1v) is 14.9. The standard InChI is InChI=1S/C32H35N3O5S/c1-4-21-10-9-11-25-22(19-35(29(21)25)20-27(36)34-16-7-6-8-17-34)18-26-30(37)28(32(38)40-5-2)31(41-26)33-23-12-14-24(39-3)15-13-23/h9-15,18-19,37H,4-8,16-17,20H2,1-3H3/b26-18-,33-31?. The summed E-state index contributed by atoms with van der Waals surface area (Å²) in [5.74, 6) is 0.0102. The van der Waals surface area contributed by atoms with Crippen molar-refractivity contribution in [3.63, 3.8) is 0 Å². The predicted molar refractivity (Wildman–Crippen MR) is 164 cm³/mol. The lowest BCUT2D eigenvalue weighted by Gasteiger charge is -2.27. The lowest BCUT2D eigenvalue weighted by molar-refractivity contribution is -0.138. The number of hydrogen-bond acceptors (Lipinski definition) is 7. The molecule has 0 aliphatic carbocycles. The number of nitrogens with zero attached hydrogens (tertiary/aromatic N) is 3. The summed E-state index contributed by atoms with van der Waals surface area (Å²) < 4.78 is 12.5. The molecule has 2 aliphatic rings. The number of methoxy groups -OCH3 is 1. The topological polar surface area (TPSA) is 93.4 Å². The number of benzene rings is 2. The summed E-state index contributed by atoms with van der Waals surface area (Å²) >= 11 is 1.22. The summed E-state index contributed by atoms with van der Waals surface area (Å²) in [6.07, 6.45) is 7.90. The van der Waals surface area contributed by atoms with Crippen LogP contribution in [0.25, 0.3) is 17.0 Å². The molecule has 5 rings (SSSR count). The van der Waals surface area contributed by atoms with E-state index in [9.17, 15) is 14.7 Å². The highest BCUT2D eigenvalue weighted by Crippen LogP contribution is 2.41. The molecule has 214 valence electrons. The van der Waals surface area contributed by atoms with Crippen LogP contribution in [-0.2, 0) is 27.3 Å². The van der Waals surface area contributed by atoms with E-state index < -0.39 is 5.97 Å². The van der Waals surface area contributed by atoms with Crippen molar-refractivity contribution in [2.75, 3.05) is 26.8 Å². The second kappa shape index (κ2) is 12.7. The van der Waals surface area contributed by atoms with Crippen LogP contribution in [0, 0.1) is 0 Å². The fourth-order valence-corrected chi connectivity index (χ4v) is 6.31. The number of aliphatic hydroxyl groups is 1. The van der Waals surface area contributed by atoms with E-state index >= 15 is 0 Å². The number of thioether (sulfide) groups is 1. The van der Waals surface area contributed by atoms with E-state index in [1.807, 2.05) is 33.9 Å². The van der Waals surface area contributed by atoms with E-state index in [-0.39, 0.29) is 30.4 Å². The van der Waals surface area contributed by atoms with Gasteiger partial charge in [-0.05, 0) is 68.5 Å². The normalized spacial score (nSPS) is 17.6. The Morgan fingerprint density at radius 2 is 1.83 bits per heavy atom. The zero-order valence-electron chi connectivity index (χ0n) is 23.7. The first kappa shape index (κ1) is 28.5. The summed E-state index contributed by atoms with van der Waals surface area (Å²) in [6.45, 7) is 5.86. The Bertz CT molecular complexity index is 1550. The van der Waals surface area contributed by atoms with Gasteiger partial charge in [-0.25, -0.2) is 9.79 Å². The first-order chi connectivity index (χ1) is 19.9. The monoisotopic (exact) mass is 573 g/mol. The molecule has 41 heavy (non-hydrogen) atoms. The minimum absolute atomic E-state index is 0.0391. The number of aromatic nitrogens is 1. The molecule has 0 spiro atoms. The van der Waals surface area contributed by atoms with E-state index in [1.54, 1.807) is 38.3 Å². The van der Waals surface area contributed by atoms with Gasteiger partial charge in [0.15, 0.2) is 0 Å². The fraction of sp³-hybridized carbons (Fsp3) is 0.344. The number of hydrogen-bond donors (Lipinski definition) is 1. The molecule has 0 atom stereocenters. The van der Waals surface area contributed by atoms with Gasteiger partial charge in [0.1, 0.15) is 28.7 Å². The zero-order chi connectivity index (χ0) is 28.9. The number of likely N-dealkylation sites (tertiary alicyclic amines) is 1. The van der Waals surface area contributed by atoms with Gasteiger partial charge in [-0.2, -0.15) is 0 Å². The van der Waals surface area contributed by atoms with Gasteiger partial charge in [-0.15, -0.1) is 0 Å². The molecule has 1 amide bonds. The highest BCUT2D eigenvalue weighted by Gasteiger charge is 2.33. The number of para-hydroxylation sites is 1. The van der Waals surface area contributed by atoms with Crippen molar-refractivity contribution in [1.29, 1.82) is 0 Å². The van der Waals surface area contributed by atoms with E-state index in [0.29, 0.717) is 21.4 Å². The lowest BCUT2D eigenvalue weighted by Crippen LogP contribution is -2.37. The Labute approximate surface area is 244 Å².